The molecule has 0 radical (unpaired) electrons. The molecule has 1 aromatic carbocycles. The molecule has 0 aliphatic rings. The predicted octanol–water partition coefficient (Wildman–Crippen LogP) is 0.472. The molecule has 8 N–H and O–H groups in total. The summed E-state index contributed by atoms with van der Waals surface area (Å²) in [6.45, 7) is 3.31. The first-order valence-corrected chi connectivity index (χ1v) is 8.56. The molecule has 1 rings (SSSR count). The summed E-state index contributed by atoms with van der Waals surface area (Å²) in [4.78, 5) is 40.4. The zero-order valence-corrected chi connectivity index (χ0v) is 16.4. The van der Waals surface area contributed by atoms with Gasteiger partial charge in [0.05, 0.1) is 6.54 Å². The Bertz CT molecular complexity index is 623. The van der Waals surface area contributed by atoms with E-state index in [9.17, 15) is 19.2 Å². The lowest BCUT2D eigenvalue weighted by molar-refractivity contribution is -0.139. The second kappa shape index (κ2) is 17.0. The Morgan fingerprint density at radius 2 is 1.55 bits per heavy atom. The van der Waals surface area contributed by atoms with Crippen LogP contribution in [0.4, 0.5) is 4.79 Å². The Morgan fingerprint density at radius 3 is 1.90 bits per heavy atom. The highest BCUT2D eigenvalue weighted by Gasteiger charge is 2.11. The molecule has 0 aliphatic carbocycles. The smallest absolute Gasteiger partial charge is 0.407 e. The van der Waals surface area contributed by atoms with Crippen LogP contribution in [0, 0.1) is 5.92 Å². The van der Waals surface area contributed by atoms with Crippen molar-refractivity contribution < 1.29 is 39.2 Å². The maximum absolute atomic E-state index is 10.9. The van der Waals surface area contributed by atoms with Crippen LogP contribution in [0.3, 0.4) is 0 Å². The topological polar surface area (TPSA) is 202 Å². The van der Waals surface area contributed by atoms with Crippen LogP contribution in [0.15, 0.2) is 30.3 Å². The second-order valence-electron chi connectivity index (χ2n) is 5.98. The number of benzene rings is 1. The van der Waals surface area contributed by atoms with Gasteiger partial charge in [0, 0.05) is 0 Å². The van der Waals surface area contributed by atoms with E-state index in [-0.39, 0.29) is 13.2 Å². The van der Waals surface area contributed by atoms with Gasteiger partial charge < -0.3 is 36.8 Å². The summed E-state index contributed by atoms with van der Waals surface area (Å²) in [5.41, 5.74) is 10.6. The number of aliphatic carboxylic acids is 3. The molecule has 1 amide bonds. The molecule has 0 bridgehead atoms. The molecule has 0 saturated carbocycles. The summed E-state index contributed by atoms with van der Waals surface area (Å²) in [5, 5.41) is 26.3. The zero-order chi connectivity index (χ0) is 22.8. The van der Waals surface area contributed by atoms with Crippen LogP contribution in [0.2, 0.25) is 0 Å². The van der Waals surface area contributed by atoms with Crippen LogP contribution >= 0.6 is 0 Å². The van der Waals surface area contributed by atoms with Gasteiger partial charge in [0.15, 0.2) is 0 Å². The number of hydrogen-bond donors (Lipinski definition) is 6. The number of carboxylic acid groups (broad SMARTS) is 3. The van der Waals surface area contributed by atoms with E-state index in [4.69, 9.17) is 25.8 Å². The molecule has 11 nitrogen and oxygen atoms in total. The van der Waals surface area contributed by atoms with Crippen LogP contribution in [-0.2, 0) is 25.7 Å². The lowest BCUT2D eigenvalue weighted by Crippen LogP contribution is -2.31. The highest BCUT2D eigenvalue weighted by Crippen LogP contribution is 2.01. The Labute approximate surface area is 168 Å². The number of amides is 1. The number of alkyl carbamates (subject to hydrolysis) is 1. The van der Waals surface area contributed by atoms with Crippen molar-refractivity contribution in [3.8, 4) is 0 Å². The minimum atomic E-state index is -1.10. The van der Waals surface area contributed by atoms with Crippen molar-refractivity contribution in [2.45, 2.75) is 32.9 Å². The molecule has 0 fully saturated rings. The zero-order valence-electron chi connectivity index (χ0n) is 16.4. The van der Waals surface area contributed by atoms with E-state index >= 15 is 0 Å². The van der Waals surface area contributed by atoms with Crippen molar-refractivity contribution in [1.82, 2.24) is 5.32 Å². The van der Waals surface area contributed by atoms with Crippen molar-refractivity contribution in [3.63, 3.8) is 0 Å². The predicted molar refractivity (Wildman–Crippen MR) is 104 cm³/mol. The number of ether oxygens (including phenoxy) is 1. The Hall–Kier alpha value is -3.18. The summed E-state index contributed by atoms with van der Waals surface area (Å²) >= 11 is 0. The molecule has 0 aliphatic heterocycles. The van der Waals surface area contributed by atoms with Gasteiger partial charge in [-0.15, -0.1) is 0 Å². The van der Waals surface area contributed by atoms with Gasteiger partial charge in [-0.1, -0.05) is 44.2 Å². The van der Waals surface area contributed by atoms with Gasteiger partial charge in [-0.2, -0.15) is 0 Å². The Balaban J connectivity index is 0. The first-order valence-electron chi connectivity index (χ1n) is 8.56. The lowest BCUT2D eigenvalue weighted by Gasteiger charge is -2.07. The van der Waals surface area contributed by atoms with Crippen LogP contribution in [0.1, 0.15) is 25.8 Å². The third-order valence-electron chi connectivity index (χ3n) is 2.81. The Kier molecular flexibility index (Phi) is 16.4. The number of hydrogen-bond acceptors (Lipinski definition) is 7. The van der Waals surface area contributed by atoms with Crippen LogP contribution < -0.4 is 16.8 Å². The van der Waals surface area contributed by atoms with Gasteiger partial charge in [-0.05, 0) is 17.9 Å². The third-order valence-corrected chi connectivity index (χ3v) is 2.81. The average Bonchev–Trinajstić information content (AvgIpc) is 2.65. The summed E-state index contributed by atoms with van der Waals surface area (Å²) in [6.07, 6.45) is -0.184. The molecule has 0 spiro atoms. The highest BCUT2D eigenvalue weighted by molar-refractivity contribution is 5.76. The summed E-state index contributed by atoms with van der Waals surface area (Å²) in [6, 6.07) is 8.44. The molecule has 0 heterocycles. The highest BCUT2D eigenvalue weighted by atomic mass is 16.5. The van der Waals surface area contributed by atoms with Gasteiger partial charge in [0.25, 0.3) is 0 Å². The average molecular weight is 415 g/mol. The first-order chi connectivity index (χ1) is 13.5. The third kappa shape index (κ3) is 21.0. The van der Waals surface area contributed by atoms with Crippen molar-refractivity contribution in [1.29, 1.82) is 0 Å². The van der Waals surface area contributed by atoms with Crippen LogP contribution in [-0.4, -0.2) is 58.5 Å². The molecule has 29 heavy (non-hydrogen) atoms. The standard InChI is InChI=1S/C10H11NO4.C6H13NO2.C2H5NO2/c12-9(13)6-11-10(14)15-7-8-4-2-1-3-5-8;1-4(2)3-5(7)6(8)9;3-1-2(4)5/h1-5H,6-7H2,(H,11,14)(H,12,13);4-5H,3,7H2,1-2H3,(H,8,9);1,3H2,(H,4,5)/t;5-;/m.0./s1. The molecular weight excluding hydrogens is 386 g/mol. The molecule has 11 heteroatoms. The van der Waals surface area contributed by atoms with Crippen molar-refractivity contribution in [2.24, 2.45) is 17.4 Å². The van der Waals surface area contributed by atoms with E-state index in [2.05, 4.69) is 11.1 Å². The second-order valence-corrected chi connectivity index (χ2v) is 5.98. The molecule has 0 saturated heterocycles. The fourth-order valence-electron chi connectivity index (χ4n) is 1.53. The van der Waals surface area contributed by atoms with E-state index in [1.54, 1.807) is 0 Å². The van der Waals surface area contributed by atoms with E-state index in [0.29, 0.717) is 12.3 Å². The van der Waals surface area contributed by atoms with Gasteiger partial charge >= 0.3 is 24.0 Å². The summed E-state index contributed by atoms with van der Waals surface area (Å²) in [5.74, 6) is -2.63. The number of carbonyl (C=O) groups excluding carboxylic acids is 1. The van der Waals surface area contributed by atoms with Gasteiger partial charge in [0.2, 0.25) is 0 Å². The largest absolute Gasteiger partial charge is 0.480 e. The number of carbonyl (C=O) groups is 4. The minimum Gasteiger partial charge on any atom is -0.480 e. The van der Waals surface area contributed by atoms with E-state index in [1.807, 2.05) is 44.2 Å². The number of nitrogens with one attached hydrogen (secondary N) is 1. The first kappa shape index (κ1) is 28.0. The molecular formula is C18H29N3O8. The van der Waals surface area contributed by atoms with E-state index in [0.717, 1.165) is 5.56 Å². The molecule has 0 unspecified atom stereocenters. The monoisotopic (exact) mass is 415 g/mol. The normalized spacial score (nSPS) is 10.4. The fraction of sp³-hybridized carbons (Fsp3) is 0.444. The number of nitrogens with two attached hydrogens (primary N) is 2. The van der Waals surface area contributed by atoms with Gasteiger partial charge in [-0.25, -0.2) is 4.79 Å². The lowest BCUT2D eigenvalue weighted by atomic mass is 10.1. The molecule has 1 aromatic rings. The maximum atomic E-state index is 10.9. The van der Waals surface area contributed by atoms with Crippen LogP contribution in [0.25, 0.3) is 0 Å². The SMILES string of the molecule is CC(C)C[C@H](N)C(=O)O.NCC(=O)O.O=C(O)CNC(=O)OCc1ccccc1. The quantitative estimate of drug-likeness (QED) is 0.346. The molecule has 164 valence electrons. The molecule has 0 aromatic heterocycles. The number of carboxylic acids is 3. The van der Waals surface area contributed by atoms with Crippen molar-refractivity contribution in [3.05, 3.63) is 35.9 Å². The van der Waals surface area contributed by atoms with Crippen molar-refractivity contribution in [2.75, 3.05) is 13.1 Å². The van der Waals surface area contributed by atoms with Crippen LogP contribution in [0.5, 0.6) is 0 Å². The number of rotatable bonds is 8. The van der Waals surface area contributed by atoms with Gasteiger partial charge in [0.1, 0.15) is 19.2 Å². The van der Waals surface area contributed by atoms with E-state index < -0.39 is 36.6 Å². The summed E-state index contributed by atoms with van der Waals surface area (Å²) < 4.78 is 4.77. The van der Waals surface area contributed by atoms with E-state index in [1.165, 1.54) is 0 Å². The van der Waals surface area contributed by atoms with Gasteiger partial charge in [-0.3, -0.25) is 14.4 Å². The molecule has 1 atom stereocenters. The van der Waals surface area contributed by atoms with Crippen molar-refractivity contribution >= 4 is 24.0 Å². The maximum Gasteiger partial charge on any atom is 0.407 e. The Morgan fingerprint density at radius 1 is 1.03 bits per heavy atom. The summed E-state index contributed by atoms with van der Waals surface area (Å²) in [7, 11) is 0. The fourth-order valence-corrected chi connectivity index (χ4v) is 1.53. The minimum absolute atomic E-state index is 0.131.